The van der Waals surface area contributed by atoms with E-state index in [0.717, 1.165) is 49.4 Å². The second-order valence-corrected chi connectivity index (χ2v) is 9.61. The molecule has 2 aromatic rings. The second kappa shape index (κ2) is 7.46. The maximum Gasteiger partial charge on any atom is 0.247 e. The zero-order valence-corrected chi connectivity index (χ0v) is 17.3. The number of halogens is 2. The number of carbonyl (C=O) groups excluding carboxylic acids is 1. The molecule has 0 bridgehead atoms. The van der Waals surface area contributed by atoms with Crippen molar-refractivity contribution in [3.63, 3.8) is 0 Å². The quantitative estimate of drug-likeness (QED) is 0.767. The Morgan fingerprint density at radius 3 is 2.83 bits per heavy atom. The third kappa shape index (κ3) is 3.15. The molecule has 0 radical (unpaired) electrons. The summed E-state index contributed by atoms with van der Waals surface area (Å²) < 4.78 is 28.5. The maximum atomic E-state index is 14.6. The summed E-state index contributed by atoms with van der Waals surface area (Å²) in [4.78, 5) is 12.9. The zero-order chi connectivity index (χ0) is 20.9. The van der Waals surface area contributed by atoms with Crippen molar-refractivity contribution in [2.24, 2.45) is 16.8 Å². The molecule has 1 amide bonds. The molecule has 0 saturated heterocycles. The minimum absolute atomic E-state index is 0.0212. The monoisotopic (exact) mass is 427 g/mol. The van der Waals surface area contributed by atoms with Crippen molar-refractivity contribution < 1.29 is 13.6 Å². The van der Waals surface area contributed by atoms with Gasteiger partial charge in [0.15, 0.2) is 0 Å². The Morgan fingerprint density at radius 1 is 1.20 bits per heavy atom. The molecule has 1 saturated carbocycles. The van der Waals surface area contributed by atoms with Gasteiger partial charge in [0.25, 0.3) is 0 Å². The van der Waals surface area contributed by atoms with Crippen LogP contribution < -0.4 is 5.73 Å². The van der Waals surface area contributed by atoms with Gasteiger partial charge in [-0.2, -0.15) is 5.10 Å². The first-order valence-corrected chi connectivity index (χ1v) is 11.2. The summed E-state index contributed by atoms with van der Waals surface area (Å²) in [5.41, 5.74) is 8.37. The van der Waals surface area contributed by atoms with Crippen molar-refractivity contribution >= 4 is 22.7 Å². The second-order valence-electron chi connectivity index (χ2n) is 8.35. The Morgan fingerprint density at radius 2 is 2.03 bits per heavy atom. The van der Waals surface area contributed by atoms with E-state index in [1.165, 1.54) is 17.3 Å². The van der Waals surface area contributed by atoms with Crippen molar-refractivity contribution in [2.75, 3.05) is 0 Å². The summed E-state index contributed by atoms with van der Waals surface area (Å²) in [5.74, 6) is -1.33. The van der Waals surface area contributed by atoms with Crippen LogP contribution in [-0.4, -0.2) is 22.0 Å². The number of aryl methyl sites for hydroxylation is 1. The number of carbonyl (C=O) groups is 1. The molecule has 156 valence electrons. The van der Waals surface area contributed by atoms with Crippen molar-refractivity contribution in [3.8, 4) is 0 Å². The summed E-state index contributed by atoms with van der Waals surface area (Å²) in [6.45, 7) is 0. The fourth-order valence-electron chi connectivity index (χ4n) is 4.90. The van der Waals surface area contributed by atoms with Gasteiger partial charge >= 0.3 is 0 Å². The average molecular weight is 428 g/mol. The number of hydrogen-bond acceptors (Lipinski definition) is 4. The standard InChI is InChI=1S/C23H23F2N3OS/c24-16-8-10-20(25)18(13-16)21-27-28(22(29)15-7-9-17(26)12-15)23(30-21)11-3-5-14-4-1-2-6-19(14)23/h1-2,4,6,8,10,13,15,17H,3,5,7,9,11-12,26H2/t15-,17+,23?/m0/s1. The van der Waals surface area contributed by atoms with E-state index in [1.807, 2.05) is 18.2 Å². The van der Waals surface area contributed by atoms with Gasteiger partial charge in [-0.25, -0.2) is 13.8 Å². The minimum atomic E-state index is -0.729. The first-order valence-electron chi connectivity index (χ1n) is 10.4. The van der Waals surface area contributed by atoms with Gasteiger partial charge < -0.3 is 5.73 Å². The van der Waals surface area contributed by atoms with E-state index >= 15 is 0 Å². The first-order chi connectivity index (χ1) is 14.5. The van der Waals surface area contributed by atoms with Crippen LogP contribution >= 0.6 is 11.8 Å². The highest BCUT2D eigenvalue weighted by molar-refractivity contribution is 8.15. The summed E-state index contributed by atoms with van der Waals surface area (Å²) in [5, 5.41) is 6.54. The highest BCUT2D eigenvalue weighted by atomic mass is 32.2. The lowest BCUT2D eigenvalue weighted by Crippen LogP contribution is -2.45. The van der Waals surface area contributed by atoms with Gasteiger partial charge in [-0.3, -0.25) is 4.79 Å². The Labute approximate surface area is 178 Å². The summed E-state index contributed by atoms with van der Waals surface area (Å²) in [6, 6.07) is 11.4. The number of nitrogens with two attached hydrogens (primary N) is 1. The number of hydrazone groups is 1. The third-order valence-electron chi connectivity index (χ3n) is 6.39. The number of nitrogens with zero attached hydrogens (tertiary/aromatic N) is 2. The molecule has 1 unspecified atom stereocenters. The van der Waals surface area contributed by atoms with Gasteiger partial charge in [-0.1, -0.05) is 36.0 Å². The lowest BCUT2D eigenvalue weighted by molar-refractivity contribution is -0.139. The van der Waals surface area contributed by atoms with Gasteiger partial charge in [0.1, 0.15) is 21.5 Å². The summed E-state index contributed by atoms with van der Waals surface area (Å²) >= 11 is 1.37. The van der Waals surface area contributed by atoms with Crippen molar-refractivity contribution in [1.82, 2.24) is 5.01 Å². The number of fused-ring (bicyclic) bond motifs is 2. The highest BCUT2D eigenvalue weighted by Crippen LogP contribution is 2.54. The fourth-order valence-corrected chi connectivity index (χ4v) is 6.39. The van der Waals surface area contributed by atoms with E-state index in [0.29, 0.717) is 17.9 Å². The number of thioether (sulfide) groups is 1. The molecule has 3 aliphatic rings. The molecular weight excluding hydrogens is 404 g/mol. The predicted octanol–water partition coefficient (Wildman–Crippen LogP) is 4.52. The molecule has 0 aromatic heterocycles. The molecule has 1 fully saturated rings. The Balaban J connectivity index is 1.62. The van der Waals surface area contributed by atoms with Crippen LogP contribution in [0.4, 0.5) is 8.78 Å². The first kappa shape index (κ1) is 19.7. The van der Waals surface area contributed by atoms with Crippen LogP contribution in [0.5, 0.6) is 0 Å². The van der Waals surface area contributed by atoms with Gasteiger partial charge in [-0.15, -0.1) is 0 Å². The minimum Gasteiger partial charge on any atom is -0.328 e. The lowest BCUT2D eigenvalue weighted by Gasteiger charge is -2.40. The van der Waals surface area contributed by atoms with Crippen LogP contribution in [-0.2, 0) is 16.1 Å². The van der Waals surface area contributed by atoms with Crippen LogP contribution in [0.3, 0.4) is 0 Å². The number of benzene rings is 2. The Kier molecular flexibility index (Phi) is 4.90. The van der Waals surface area contributed by atoms with E-state index in [-0.39, 0.29) is 23.4 Å². The molecule has 30 heavy (non-hydrogen) atoms. The van der Waals surface area contributed by atoms with Crippen LogP contribution in [0.25, 0.3) is 0 Å². The van der Waals surface area contributed by atoms with Gasteiger partial charge in [0, 0.05) is 17.5 Å². The van der Waals surface area contributed by atoms with Gasteiger partial charge in [0.2, 0.25) is 5.91 Å². The Bertz CT molecular complexity index is 1040. The molecule has 1 aliphatic heterocycles. The van der Waals surface area contributed by atoms with Gasteiger partial charge in [0.05, 0.1) is 0 Å². The fraction of sp³-hybridized carbons (Fsp3) is 0.391. The molecule has 2 N–H and O–H groups in total. The van der Waals surface area contributed by atoms with Crippen molar-refractivity contribution in [2.45, 2.75) is 49.4 Å². The normalized spacial score (nSPS) is 28.0. The average Bonchev–Trinajstić information content (AvgIpc) is 3.34. The predicted molar refractivity (Wildman–Crippen MR) is 114 cm³/mol. The topological polar surface area (TPSA) is 58.7 Å². The molecule has 2 aromatic carbocycles. The zero-order valence-electron chi connectivity index (χ0n) is 16.5. The molecule has 5 rings (SSSR count). The molecule has 4 nitrogen and oxygen atoms in total. The van der Waals surface area contributed by atoms with Crippen LogP contribution in [0.15, 0.2) is 47.6 Å². The van der Waals surface area contributed by atoms with Crippen molar-refractivity contribution in [3.05, 3.63) is 70.8 Å². The van der Waals surface area contributed by atoms with Crippen molar-refractivity contribution in [1.29, 1.82) is 0 Å². The van der Waals surface area contributed by atoms with Crippen LogP contribution in [0, 0.1) is 17.6 Å². The third-order valence-corrected chi connectivity index (χ3v) is 7.82. The van der Waals surface area contributed by atoms with E-state index in [2.05, 4.69) is 11.2 Å². The van der Waals surface area contributed by atoms with E-state index < -0.39 is 16.5 Å². The number of hydrogen-bond donors (Lipinski definition) is 1. The molecule has 2 aliphatic carbocycles. The summed E-state index contributed by atoms with van der Waals surface area (Å²) in [7, 11) is 0. The molecule has 7 heteroatoms. The van der Waals surface area contributed by atoms with E-state index in [4.69, 9.17) is 5.73 Å². The number of amides is 1. The van der Waals surface area contributed by atoms with Crippen LogP contribution in [0.2, 0.25) is 0 Å². The molecule has 3 atom stereocenters. The largest absolute Gasteiger partial charge is 0.328 e. The maximum absolute atomic E-state index is 14.6. The summed E-state index contributed by atoms with van der Waals surface area (Å²) in [6.07, 6.45) is 4.72. The van der Waals surface area contributed by atoms with E-state index in [1.54, 1.807) is 5.01 Å². The molecule has 1 spiro atoms. The van der Waals surface area contributed by atoms with Crippen LogP contribution in [0.1, 0.15) is 48.8 Å². The number of rotatable bonds is 2. The smallest absolute Gasteiger partial charge is 0.247 e. The molecule has 1 heterocycles. The lowest BCUT2D eigenvalue weighted by atomic mass is 9.86. The highest BCUT2D eigenvalue weighted by Gasteiger charge is 2.52. The van der Waals surface area contributed by atoms with E-state index in [9.17, 15) is 13.6 Å². The molecular formula is C23H23F2N3OS. The Hall–Kier alpha value is -2.25. The SMILES string of the molecule is N[C@@H]1CC[C@H](C(=O)N2N=C(c3cc(F)ccc3F)SC23CCCc2ccccc23)C1. The van der Waals surface area contributed by atoms with Gasteiger partial charge in [-0.05, 0) is 67.9 Å².